The van der Waals surface area contributed by atoms with E-state index in [2.05, 4.69) is 5.32 Å². The molecule has 1 aromatic carbocycles. The van der Waals surface area contributed by atoms with Crippen LogP contribution in [0.15, 0.2) is 34.9 Å². The smallest absolute Gasteiger partial charge is 0.128 e. The van der Waals surface area contributed by atoms with E-state index in [1.165, 1.54) is 6.07 Å². The summed E-state index contributed by atoms with van der Waals surface area (Å²) in [5.41, 5.74) is 2.66. The van der Waals surface area contributed by atoms with Gasteiger partial charge in [0, 0.05) is 11.1 Å². The molecule has 2 rings (SSSR count). The quantitative estimate of drug-likeness (QED) is 0.879. The molecular weight excluding hydrogens is 217 g/mol. The lowest BCUT2D eigenvalue weighted by Crippen LogP contribution is -2.19. The predicted octanol–water partition coefficient (Wildman–Crippen LogP) is 3.34. The third-order valence-electron chi connectivity index (χ3n) is 2.96. The van der Waals surface area contributed by atoms with Gasteiger partial charge in [0.1, 0.15) is 11.6 Å². The van der Waals surface area contributed by atoms with Crippen molar-refractivity contribution in [1.29, 1.82) is 0 Å². The molecular formula is C14H16FNO. The van der Waals surface area contributed by atoms with Gasteiger partial charge in [-0.05, 0) is 33.0 Å². The van der Waals surface area contributed by atoms with Crippen LogP contribution in [0.1, 0.15) is 28.5 Å². The molecule has 0 radical (unpaired) electrons. The molecule has 90 valence electrons. The Balaban J connectivity index is 2.49. The Morgan fingerprint density at radius 1 is 1.18 bits per heavy atom. The highest BCUT2D eigenvalue weighted by molar-refractivity contribution is 5.35. The number of hydrogen-bond acceptors (Lipinski definition) is 2. The Labute approximate surface area is 100 Å². The van der Waals surface area contributed by atoms with Crippen molar-refractivity contribution in [3.63, 3.8) is 0 Å². The minimum atomic E-state index is -0.199. The number of hydrogen-bond donors (Lipinski definition) is 1. The van der Waals surface area contributed by atoms with E-state index in [0.29, 0.717) is 5.56 Å². The summed E-state index contributed by atoms with van der Waals surface area (Å²) in [5.74, 6) is 0.612. The molecule has 0 aliphatic rings. The van der Waals surface area contributed by atoms with Crippen LogP contribution in [0.2, 0.25) is 0 Å². The molecule has 0 aliphatic heterocycles. The fraction of sp³-hybridized carbons (Fsp3) is 0.286. The van der Waals surface area contributed by atoms with Crippen molar-refractivity contribution in [1.82, 2.24) is 5.32 Å². The second-order valence-electron chi connectivity index (χ2n) is 4.18. The van der Waals surface area contributed by atoms with Crippen molar-refractivity contribution in [3.05, 3.63) is 58.8 Å². The maximum atomic E-state index is 13.9. The largest absolute Gasteiger partial charge is 0.469 e. The first-order valence-electron chi connectivity index (χ1n) is 5.60. The number of benzene rings is 1. The maximum Gasteiger partial charge on any atom is 0.128 e. The van der Waals surface area contributed by atoms with Crippen LogP contribution in [-0.2, 0) is 0 Å². The minimum absolute atomic E-state index is 0.173. The topological polar surface area (TPSA) is 25.2 Å². The standard InChI is InChI=1S/C14H16FNO/c1-9-4-5-13(15)12(8-9)14(16-3)11-6-7-17-10(11)2/h4-8,14,16H,1-3H3. The zero-order valence-electron chi connectivity index (χ0n) is 10.3. The molecule has 0 fully saturated rings. The number of aryl methyl sites for hydroxylation is 2. The van der Waals surface area contributed by atoms with Crippen molar-refractivity contribution in [2.24, 2.45) is 0 Å². The highest BCUT2D eigenvalue weighted by atomic mass is 19.1. The predicted molar refractivity (Wildman–Crippen MR) is 65.5 cm³/mol. The lowest BCUT2D eigenvalue weighted by Gasteiger charge is -2.17. The zero-order valence-corrected chi connectivity index (χ0v) is 10.3. The number of furan rings is 1. The van der Waals surface area contributed by atoms with Crippen LogP contribution < -0.4 is 5.32 Å². The Kier molecular flexibility index (Phi) is 3.29. The summed E-state index contributed by atoms with van der Waals surface area (Å²) in [6, 6.07) is 6.84. The van der Waals surface area contributed by atoms with Crippen molar-refractivity contribution in [2.75, 3.05) is 7.05 Å². The van der Waals surface area contributed by atoms with Crippen molar-refractivity contribution >= 4 is 0 Å². The molecule has 0 saturated carbocycles. The van der Waals surface area contributed by atoms with Crippen molar-refractivity contribution in [3.8, 4) is 0 Å². The van der Waals surface area contributed by atoms with Gasteiger partial charge in [0.25, 0.3) is 0 Å². The average molecular weight is 233 g/mol. The van der Waals surface area contributed by atoms with Gasteiger partial charge < -0.3 is 9.73 Å². The molecule has 1 heterocycles. The molecule has 0 spiro atoms. The van der Waals surface area contributed by atoms with Crippen LogP contribution in [-0.4, -0.2) is 7.05 Å². The highest BCUT2D eigenvalue weighted by Crippen LogP contribution is 2.27. The second-order valence-corrected chi connectivity index (χ2v) is 4.18. The van der Waals surface area contributed by atoms with Gasteiger partial charge >= 0.3 is 0 Å². The lowest BCUT2D eigenvalue weighted by molar-refractivity contribution is 0.518. The maximum absolute atomic E-state index is 13.9. The first kappa shape index (κ1) is 11.9. The highest BCUT2D eigenvalue weighted by Gasteiger charge is 2.19. The summed E-state index contributed by atoms with van der Waals surface area (Å²) < 4.78 is 19.1. The molecule has 0 saturated heterocycles. The van der Waals surface area contributed by atoms with Gasteiger partial charge in [0.15, 0.2) is 0 Å². The van der Waals surface area contributed by atoms with Gasteiger partial charge in [0.2, 0.25) is 0 Å². The van der Waals surface area contributed by atoms with Crippen LogP contribution in [0.5, 0.6) is 0 Å². The van der Waals surface area contributed by atoms with E-state index in [4.69, 9.17) is 4.42 Å². The third kappa shape index (κ3) is 2.24. The second kappa shape index (κ2) is 4.72. The Bertz CT molecular complexity index is 519. The van der Waals surface area contributed by atoms with Gasteiger partial charge in [-0.1, -0.05) is 17.7 Å². The normalized spacial score (nSPS) is 12.7. The Hall–Kier alpha value is -1.61. The van der Waals surface area contributed by atoms with Crippen molar-refractivity contribution < 1.29 is 8.81 Å². The number of halogens is 1. The SMILES string of the molecule is CNC(c1cc(C)ccc1F)c1ccoc1C. The van der Waals surface area contributed by atoms with Gasteiger partial charge in [-0.25, -0.2) is 4.39 Å². The van der Waals surface area contributed by atoms with E-state index in [0.717, 1.165) is 16.9 Å². The number of rotatable bonds is 3. The molecule has 0 aliphatic carbocycles. The van der Waals surface area contributed by atoms with E-state index in [1.807, 2.05) is 33.0 Å². The summed E-state index contributed by atoms with van der Waals surface area (Å²) in [6.45, 7) is 3.84. The van der Waals surface area contributed by atoms with Crippen LogP contribution in [0.3, 0.4) is 0 Å². The van der Waals surface area contributed by atoms with Gasteiger partial charge in [-0.15, -0.1) is 0 Å². The van der Waals surface area contributed by atoms with Crippen LogP contribution in [0, 0.1) is 19.7 Å². The fourth-order valence-corrected chi connectivity index (χ4v) is 2.06. The zero-order chi connectivity index (χ0) is 12.4. The molecule has 2 aromatic rings. The van der Waals surface area contributed by atoms with Crippen LogP contribution in [0.4, 0.5) is 4.39 Å². The molecule has 3 heteroatoms. The van der Waals surface area contributed by atoms with Crippen LogP contribution >= 0.6 is 0 Å². The summed E-state index contributed by atoms with van der Waals surface area (Å²) in [7, 11) is 1.82. The fourth-order valence-electron chi connectivity index (χ4n) is 2.06. The van der Waals surface area contributed by atoms with E-state index in [-0.39, 0.29) is 11.9 Å². The molecule has 1 atom stereocenters. The average Bonchev–Trinajstić information content (AvgIpc) is 2.71. The monoisotopic (exact) mass is 233 g/mol. The molecule has 1 N–H and O–H groups in total. The first-order chi connectivity index (χ1) is 8.13. The summed E-state index contributed by atoms with van der Waals surface area (Å²) in [5, 5.41) is 3.13. The molecule has 0 bridgehead atoms. The van der Waals surface area contributed by atoms with Crippen LogP contribution in [0.25, 0.3) is 0 Å². The van der Waals surface area contributed by atoms with Gasteiger partial charge in [-0.3, -0.25) is 0 Å². The lowest BCUT2D eigenvalue weighted by atomic mass is 9.97. The molecule has 1 aromatic heterocycles. The number of nitrogens with one attached hydrogen (secondary N) is 1. The molecule has 17 heavy (non-hydrogen) atoms. The van der Waals surface area contributed by atoms with E-state index in [9.17, 15) is 4.39 Å². The summed E-state index contributed by atoms with van der Waals surface area (Å²) in [4.78, 5) is 0. The van der Waals surface area contributed by atoms with E-state index in [1.54, 1.807) is 12.3 Å². The van der Waals surface area contributed by atoms with E-state index < -0.39 is 0 Å². The Morgan fingerprint density at radius 2 is 1.94 bits per heavy atom. The van der Waals surface area contributed by atoms with Crippen molar-refractivity contribution in [2.45, 2.75) is 19.9 Å². The first-order valence-corrected chi connectivity index (χ1v) is 5.60. The third-order valence-corrected chi connectivity index (χ3v) is 2.96. The summed E-state index contributed by atoms with van der Waals surface area (Å²) in [6.07, 6.45) is 1.63. The molecule has 1 unspecified atom stereocenters. The van der Waals surface area contributed by atoms with Gasteiger partial charge in [0.05, 0.1) is 12.3 Å². The Morgan fingerprint density at radius 3 is 2.53 bits per heavy atom. The molecule has 0 amide bonds. The molecule has 2 nitrogen and oxygen atoms in total. The van der Waals surface area contributed by atoms with Gasteiger partial charge in [-0.2, -0.15) is 0 Å². The minimum Gasteiger partial charge on any atom is -0.469 e. The van der Waals surface area contributed by atoms with E-state index >= 15 is 0 Å². The summed E-state index contributed by atoms with van der Waals surface area (Å²) >= 11 is 0.